The smallest absolute Gasteiger partial charge is 0.266 e. The zero-order valence-corrected chi connectivity index (χ0v) is 22.7. The molecule has 5 rings (SSSR count). The highest BCUT2D eigenvalue weighted by Gasteiger charge is 2.33. The summed E-state index contributed by atoms with van der Waals surface area (Å²) in [6, 6.07) is 13.9. The third kappa shape index (κ3) is 5.13. The summed E-state index contributed by atoms with van der Waals surface area (Å²) in [6.45, 7) is 0.257. The average molecular weight is 556 g/mol. The van der Waals surface area contributed by atoms with Crippen LogP contribution in [0.4, 0.5) is 8.78 Å². The number of nitrogens with zero attached hydrogens (tertiary/aromatic N) is 2. The van der Waals surface area contributed by atoms with Gasteiger partial charge in [0, 0.05) is 36.0 Å². The van der Waals surface area contributed by atoms with E-state index in [0.717, 1.165) is 66.0 Å². The lowest BCUT2D eigenvalue weighted by molar-refractivity contribution is 0.0604. The maximum atomic E-state index is 14.6. The van der Waals surface area contributed by atoms with Crippen molar-refractivity contribution < 1.29 is 18.3 Å². The highest BCUT2D eigenvalue weighted by atomic mass is 35.5. The number of carbonyl (C=O) groups excluding carboxylic acids is 1. The number of carbonyl (C=O) groups is 1. The molecule has 5 nitrogen and oxygen atoms in total. The van der Waals surface area contributed by atoms with E-state index in [0.29, 0.717) is 11.8 Å². The van der Waals surface area contributed by atoms with E-state index in [9.17, 15) is 13.6 Å². The fraction of sp³-hybridized carbons (Fsp3) is 0.310. The van der Waals surface area contributed by atoms with Crippen LogP contribution >= 0.6 is 22.9 Å². The van der Waals surface area contributed by atoms with E-state index in [1.165, 1.54) is 0 Å². The van der Waals surface area contributed by atoms with Crippen LogP contribution in [0.2, 0.25) is 5.02 Å². The minimum Gasteiger partial charge on any atom is -0.496 e. The first-order valence-electron chi connectivity index (χ1n) is 12.5. The number of rotatable bonds is 7. The molecule has 1 aliphatic rings. The second-order valence-electron chi connectivity index (χ2n) is 9.45. The van der Waals surface area contributed by atoms with Gasteiger partial charge in [0.1, 0.15) is 22.3 Å². The normalized spacial score (nSPS) is 17.5. The number of benzene rings is 2. The molecule has 0 radical (unpaired) electrons. The van der Waals surface area contributed by atoms with Gasteiger partial charge in [-0.15, -0.1) is 11.3 Å². The SMILES string of the molecule is CN[C@H]1CC[C@@H](N(Cc2cc(-c3ccccn3)ccc2OC)C(=O)c2sc3c(F)ccc(F)c3c2Cl)CC1. The molecule has 0 atom stereocenters. The van der Waals surface area contributed by atoms with Crippen LogP contribution < -0.4 is 10.1 Å². The largest absolute Gasteiger partial charge is 0.496 e. The average Bonchev–Trinajstić information content (AvgIpc) is 3.32. The summed E-state index contributed by atoms with van der Waals surface area (Å²) in [5.74, 6) is -0.940. The fourth-order valence-electron chi connectivity index (χ4n) is 5.19. The second kappa shape index (κ2) is 11.4. The molecule has 1 aliphatic carbocycles. The molecule has 2 heterocycles. The Morgan fingerprint density at radius 2 is 1.89 bits per heavy atom. The summed E-state index contributed by atoms with van der Waals surface area (Å²) >= 11 is 7.44. The lowest BCUT2D eigenvalue weighted by atomic mass is 9.89. The van der Waals surface area contributed by atoms with Crippen molar-refractivity contribution in [3.63, 3.8) is 0 Å². The van der Waals surface area contributed by atoms with Crippen LogP contribution in [0.5, 0.6) is 5.75 Å². The van der Waals surface area contributed by atoms with Crippen molar-refractivity contribution in [3.8, 4) is 17.0 Å². The molecule has 2 aromatic heterocycles. The molecule has 2 aromatic carbocycles. The van der Waals surface area contributed by atoms with Crippen molar-refractivity contribution in [2.75, 3.05) is 14.2 Å². The Bertz CT molecular complexity index is 1460. The van der Waals surface area contributed by atoms with Crippen molar-refractivity contribution in [3.05, 3.63) is 81.8 Å². The van der Waals surface area contributed by atoms with Gasteiger partial charge in [-0.2, -0.15) is 0 Å². The van der Waals surface area contributed by atoms with Crippen LogP contribution in [0.1, 0.15) is 40.9 Å². The Labute approximate surface area is 229 Å². The number of amides is 1. The first-order valence-corrected chi connectivity index (χ1v) is 13.7. The Morgan fingerprint density at radius 1 is 1.13 bits per heavy atom. The molecule has 38 heavy (non-hydrogen) atoms. The zero-order chi connectivity index (χ0) is 26.8. The number of halogens is 3. The van der Waals surface area contributed by atoms with Gasteiger partial charge in [-0.05, 0) is 75.2 Å². The van der Waals surface area contributed by atoms with E-state index in [1.54, 1.807) is 18.2 Å². The molecule has 0 spiro atoms. The summed E-state index contributed by atoms with van der Waals surface area (Å²) in [5.41, 5.74) is 2.52. The Kier molecular flexibility index (Phi) is 7.93. The number of pyridine rings is 1. The molecule has 1 amide bonds. The molecule has 1 fully saturated rings. The number of nitrogens with one attached hydrogen (secondary N) is 1. The van der Waals surface area contributed by atoms with Crippen molar-refractivity contribution in [1.82, 2.24) is 15.2 Å². The highest BCUT2D eigenvalue weighted by molar-refractivity contribution is 7.21. The van der Waals surface area contributed by atoms with Gasteiger partial charge >= 0.3 is 0 Å². The Morgan fingerprint density at radius 3 is 2.55 bits per heavy atom. The van der Waals surface area contributed by atoms with Crippen LogP contribution in [0.15, 0.2) is 54.7 Å². The van der Waals surface area contributed by atoms with Gasteiger partial charge in [-0.3, -0.25) is 9.78 Å². The summed E-state index contributed by atoms with van der Waals surface area (Å²) in [4.78, 5) is 20.5. The number of hydrogen-bond acceptors (Lipinski definition) is 5. The lowest BCUT2D eigenvalue weighted by Crippen LogP contribution is -2.44. The molecular weight excluding hydrogens is 528 g/mol. The molecule has 0 bridgehead atoms. The molecule has 0 unspecified atom stereocenters. The topological polar surface area (TPSA) is 54.5 Å². The first-order chi connectivity index (χ1) is 18.4. The van der Waals surface area contributed by atoms with Gasteiger partial charge in [0.05, 0.1) is 27.9 Å². The fourth-order valence-corrected chi connectivity index (χ4v) is 6.69. The highest BCUT2D eigenvalue weighted by Crippen LogP contribution is 2.40. The molecule has 9 heteroatoms. The summed E-state index contributed by atoms with van der Waals surface area (Å²) in [6.07, 6.45) is 5.16. The summed E-state index contributed by atoms with van der Waals surface area (Å²) in [5, 5.41) is 3.23. The number of hydrogen-bond donors (Lipinski definition) is 1. The second-order valence-corrected chi connectivity index (χ2v) is 10.8. The van der Waals surface area contributed by atoms with Crippen LogP contribution in [0.25, 0.3) is 21.3 Å². The van der Waals surface area contributed by atoms with Crippen molar-refractivity contribution in [1.29, 1.82) is 0 Å². The van der Waals surface area contributed by atoms with Gasteiger partial charge in [-0.1, -0.05) is 17.7 Å². The maximum absolute atomic E-state index is 14.6. The van der Waals surface area contributed by atoms with Crippen LogP contribution in [-0.4, -0.2) is 42.0 Å². The lowest BCUT2D eigenvalue weighted by Gasteiger charge is -2.37. The predicted octanol–water partition coefficient (Wildman–Crippen LogP) is 7.08. The van der Waals surface area contributed by atoms with Gasteiger partial charge in [0.25, 0.3) is 5.91 Å². The molecule has 198 valence electrons. The minimum absolute atomic E-state index is 0.0462. The van der Waals surface area contributed by atoms with E-state index in [4.69, 9.17) is 16.3 Å². The standard InChI is InChI=1S/C29H28ClF2N3O2S/c1-33-19-7-9-20(10-8-19)35(29(36)28-26(30)25-21(31)11-12-22(32)27(25)38-28)16-18-15-17(6-13-24(18)37-2)23-5-3-4-14-34-23/h3-6,11-15,19-20,33H,7-10,16H2,1-2H3/t19-,20+. The number of methoxy groups -OCH3 is 1. The third-order valence-corrected chi connectivity index (χ3v) is 8.94. The maximum Gasteiger partial charge on any atom is 0.266 e. The van der Waals surface area contributed by atoms with Gasteiger partial charge in [-0.25, -0.2) is 8.78 Å². The zero-order valence-electron chi connectivity index (χ0n) is 21.1. The van der Waals surface area contributed by atoms with Gasteiger partial charge < -0.3 is 15.0 Å². The first kappa shape index (κ1) is 26.5. The van der Waals surface area contributed by atoms with Crippen LogP contribution in [-0.2, 0) is 6.54 Å². The molecule has 4 aromatic rings. The summed E-state index contributed by atoms with van der Waals surface area (Å²) < 4.78 is 34.8. The quantitative estimate of drug-likeness (QED) is 0.265. The molecule has 0 saturated heterocycles. The van der Waals surface area contributed by atoms with Crippen LogP contribution in [0.3, 0.4) is 0 Å². The monoisotopic (exact) mass is 555 g/mol. The number of ether oxygens (including phenoxy) is 1. The van der Waals surface area contributed by atoms with E-state index >= 15 is 0 Å². The van der Waals surface area contributed by atoms with E-state index < -0.39 is 11.6 Å². The minimum atomic E-state index is -0.646. The summed E-state index contributed by atoms with van der Waals surface area (Å²) in [7, 11) is 3.54. The number of thiophene rings is 1. The number of aromatic nitrogens is 1. The van der Waals surface area contributed by atoms with E-state index in [-0.39, 0.29) is 38.5 Å². The van der Waals surface area contributed by atoms with E-state index in [1.807, 2.05) is 43.4 Å². The van der Waals surface area contributed by atoms with Crippen molar-refractivity contribution in [2.24, 2.45) is 0 Å². The van der Waals surface area contributed by atoms with Crippen molar-refractivity contribution in [2.45, 2.75) is 44.3 Å². The van der Waals surface area contributed by atoms with Crippen LogP contribution in [0, 0.1) is 11.6 Å². The predicted molar refractivity (Wildman–Crippen MR) is 148 cm³/mol. The van der Waals surface area contributed by atoms with Gasteiger partial charge in [0.15, 0.2) is 0 Å². The molecule has 1 saturated carbocycles. The Hall–Kier alpha value is -3.07. The van der Waals surface area contributed by atoms with E-state index in [2.05, 4.69) is 10.3 Å². The van der Waals surface area contributed by atoms with Gasteiger partial charge in [0.2, 0.25) is 0 Å². The molecular formula is C29H28ClF2N3O2S. The Balaban J connectivity index is 1.56. The van der Waals surface area contributed by atoms with Crippen molar-refractivity contribution >= 4 is 38.9 Å². The number of fused-ring (bicyclic) bond motifs is 1. The molecule has 0 aliphatic heterocycles. The molecule has 1 N–H and O–H groups in total. The third-order valence-electron chi connectivity index (χ3n) is 7.26.